The van der Waals surface area contributed by atoms with E-state index in [9.17, 15) is 23.7 Å². The third-order valence-electron chi connectivity index (χ3n) is 3.24. The molecule has 1 fully saturated rings. The van der Waals surface area contributed by atoms with Crippen molar-refractivity contribution < 1.29 is 23.2 Å². The average molecular weight is 300 g/mol. The van der Waals surface area contributed by atoms with Gasteiger partial charge in [0.2, 0.25) is 5.82 Å². The number of hydrogen-bond donors (Lipinski definition) is 1. The highest BCUT2D eigenvalue weighted by Gasteiger charge is 2.23. The van der Waals surface area contributed by atoms with Crippen LogP contribution in [0.4, 0.5) is 14.5 Å². The Bertz CT molecular complexity index is 559. The topological polar surface area (TPSA) is 81.5 Å². The number of hydrogen-bond acceptors (Lipinski definition) is 4. The van der Waals surface area contributed by atoms with Crippen LogP contribution in [0.3, 0.4) is 0 Å². The fraction of sp³-hybridized carbons (Fsp3) is 0.462. The summed E-state index contributed by atoms with van der Waals surface area (Å²) in [6.45, 7) is 0.804. The van der Waals surface area contributed by atoms with Gasteiger partial charge in [-0.3, -0.25) is 14.9 Å². The highest BCUT2D eigenvalue weighted by atomic mass is 19.1. The van der Waals surface area contributed by atoms with Crippen molar-refractivity contribution in [3.8, 4) is 0 Å². The number of nitrogens with zero attached hydrogens (tertiary/aromatic N) is 1. The smallest absolute Gasteiger partial charge is 0.307 e. The summed E-state index contributed by atoms with van der Waals surface area (Å²) >= 11 is 0. The van der Waals surface area contributed by atoms with Gasteiger partial charge >= 0.3 is 5.69 Å². The van der Waals surface area contributed by atoms with Crippen molar-refractivity contribution in [1.82, 2.24) is 5.32 Å². The standard InChI is InChI=1S/C13H14F2N2O4/c14-10-6-12(17(19)20)11(15)5-9(10)13(18)16-7-8-3-1-2-4-21-8/h5-6,8H,1-4,7H2,(H,16,18). The summed E-state index contributed by atoms with van der Waals surface area (Å²) in [6.07, 6.45) is 2.60. The molecular weight excluding hydrogens is 286 g/mol. The lowest BCUT2D eigenvalue weighted by atomic mass is 10.1. The Morgan fingerprint density at radius 1 is 1.38 bits per heavy atom. The van der Waals surface area contributed by atoms with Crippen LogP contribution in [-0.4, -0.2) is 30.1 Å². The van der Waals surface area contributed by atoms with Crippen LogP contribution in [0.1, 0.15) is 29.6 Å². The van der Waals surface area contributed by atoms with Crippen LogP contribution < -0.4 is 5.32 Å². The van der Waals surface area contributed by atoms with E-state index in [1.54, 1.807) is 0 Å². The Labute approximate surface area is 119 Å². The van der Waals surface area contributed by atoms with Crippen molar-refractivity contribution in [2.24, 2.45) is 0 Å². The van der Waals surface area contributed by atoms with Gasteiger partial charge < -0.3 is 10.1 Å². The van der Waals surface area contributed by atoms with Gasteiger partial charge in [-0.05, 0) is 25.3 Å². The Balaban J connectivity index is 2.05. The molecule has 1 atom stereocenters. The van der Waals surface area contributed by atoms with E-state index in [2.05, 4.69) is 5.32 Å². The maximum absolute atomic E-state index is 13.6. The van der Waals surface area contributed by atoms with Crippen LogP contribution >= 0.6 is 0 Å². The second kappa shape index (κ2) is 6.57. The quantitative estimate of drug-likeness (QED) is 0.682. The molecule has 0 saturated carbocycles. The van der Waals surface area contributed by atoms with Crippen LogP contribution in [0, 0.1) is 21.7 Å². The largest absolute Gasteiger partial charge is 0.376 e. The molecule has 2 rings (SSSR count). The van der Waals surface area contributed by atoms with E-state index in [-0.39, 0.29) is 12.6 Å². The number of ether oxygens (including phenoxy) is 1. The molecule has 21 heavy (non-hydrogen) atoms. The predicted octanol–water partition coefficient (Wildman–Crippen LogP) is 2.17. The molecule has 1 aliphatic heterocycles. The van der Waals surface area contributed by atoms with E-state index in [0.717, 1.165) is 19.3 Å². The molecule has 1 aliphatic rings. The molecular formula is C13H14F2N2O4. The van der Waals surface area contributed by atoms with Gasteiger partial charge in [0.1, 0.15) is 5.82 Å². The van der Waals surface area contributed by atoms with E-state index in [4.69, 9.17) is 4.74 Å². The van der Waals surface area contributed by atoms with Crippen molar-refractivity contribution in [1.29, 1.82) is 0 Å². The molecule has 114 valence electrons. The van der Waals surface area contributed by atoms with Crippen LogP contribution in [0.2, 0.25) is 0 Å². The first-order valence-electron chi connectivity index (χ1n) is 6.52. The van der Waals surface area contributed by atoms with Gasteiger partial charge in [0.05, 0.1) is 22.7 Å². The molecule has 1 saturated heterocycles. The zero-order chi connectivity index (χ0) is 15.4. The molecule has 1 unspecified atom stereocenters. The summed E-state index contributed by atoms with van der Waals surface area (Å²) in [5.41, 5.74) is -1.56. The number of amides is 1. The minimum absolute atomic E-state index is 0.145. The van der Waals surface area contributed by atoms with Gasteiger partial charge in [-0.2, -0.15) is 4.39 Å². The van der Waals surface area contributed by atoms with Gasteiger partial charge in [0.15, 0.2) is 0 Å². The molecule has 0 aliphatic carbocycles. The lowest BCUT2D eigenvalue weighted by molar-refractivity contribution is -0.387. The number of halogens is 2. The Morgan fingerprint density at radius 2 is 2.14 bits per heavy atom. The second-order valence-corrected chi connectivity index (χ2v) is 4.74. The number of carbonyl (C=O) groups is 1. The third-order valence-corrected chi connectivity index (χ3v) is 3.24. The van der Waals surface area contributed by atoms with Gasteiger partial charge in [-0.15, -0.1) is 0 Å². The number of rotatable bonds is 4. The zero-order valence-electron chi connectivity index (χ0n) is 11.1. The molecule has 6 nitrogen and oxygen atoms in total. The van der Waals surface area contributed by atoms with Crippen molar-refractivity contribution in [3.63, 3.8) is 0 Å². The molecule has 8 heteroatoms. The highest BCUT2D eigenvalue weighted by Crippen LogP contribution is 2.21. The highest BCUT2D eigenvalue weighted by molar-refractivity contribution is 5.94. The number of nitrogens with one attached hydrogen (secondary N) is 1. The molecule has 1 N–H and O–H groups in total. The first-order chi connectivity index (χ1) is 9.99. The van der Waals surface area contributed by atoms with E-state index < -0.39 is 33.7 Å². The Morgan fingerprint density at radius 3 is 2.76 bits per heavy atom. The molecule has 0 radical (unpaired) electrons. The first kappa shape index (κ1) is 15.3. The summed E-state index contributed by atoms with van der Waals surface area (Å²) in [7, 11) is 0. The SMILES string of the molecule is O=C(NCC1CCCCO1)c1cc(F)c([N+](=O)[O-])cc1F. The molecule has 0 bridgehead atoms. The lowest BCUT2D eigenvalue weighted by Gasteiger charge is -2.22. The summed E-state index contributed by atoms with van der Waals surface area (Å²) in [5.74, 6) is -3.21. The van der Waals surface area contributed by atoms with E-state index in [0.29, 0.717) is 18.7 Å². The maximum Gasteiger partial charge on any atom is 0.307 e. The number of benzene rings is 1. The van der Waals surface area contributed by atoms with Crippen molar-refractivity contribution in [3.05, 3.63) is 39.4 Å². The number of carbonyl (C=O) groups excluding carboxylic acids is 1. The van der Waals surface area contributed by atoms with Crippen molar-refractivity contribution in [2.45, 2.75) is 25.4 Å². The number of nitro groups is 1. The normalized spacial score (nSPS) is 18.3. The maximum atomic E-state index is 13.6. The molecule has 0 spiro atoms. The third kappa shape index (κ3) is 3.72. The minimum atomic E-state index is -1.25. The van der Waals surface area contributed by atoms with Gasteiger partial charge in [-0.25, -0.2) is 4.39 Å². The molecule has 1 aromatic rings. The van der Waals surface area contributed by atoms with E-state index in [1.165, 1.54) is 0 Å². The zero-order valence-corrected chi connectivity index (χ0v) is 11.1. The summed E-state index contributed by atoms with van der Waals surface area (Å²) in [4.78, 5) is 21.2. The van der Waals surface area contributed by atoms with E-state index >= 15 is 0 Å². The Hall–Kier alpha value is -2.09. The molecule has 1 heterocycles. The summed E-state index contributed by atoms with van der Waals surface area (Å²) in [5, 5.41) is 12.9. The molecule has 1 amide bonds. The number of nitro benzene ring substituents is 1. The van der Waals surface area contributed by atoms with Crippen LogP contribution in [-0.2, 0) is 4.74 Å². The van der Waals surface area contributed by atoms with Gasteiger partial charge in [-0.1, -0.05) is 0 Å². The van der Waals surface area contributed by atoms with Gasteiger partial charge in [0, 0.05) is 13.2 Å². The second-order valence-electron chi connectivity index (χ2n) is 4.74. The fourth-order valence-electron chi connectivity index (χ4n) is 2.12. The Kier molecular flexibility index (Phi) is 4.79. The van der Waals surface area contributed by atoms with Crippen molar-refractivity contribution >= 4 is 11.6 Å². The summed E-state index contributed by atoms with van der Waals surface area (Å²) in [6, 6.07) is 0.936. The molecule has 0 aromatic heterocycles. The molecule has 1 aromatic carbocycles. The van der Waals surface area contributed by atoms with Crippen LogP contribution in [0.25, 0.3) is 0 Å². The fourth-order valence-corrected chi connectivity index (χ4v) is 2.12. The van der Waals surface area contributed by atoms with E-state index in [1.807, 2.05) is 0 Å². The van der Waals surface area contributed by atoms with Gasteiger partial charge in [0.25, 0.3) is 5.91 Å². The first-order valence-corrected chi connectivity index (χ1v) is 6.52. The predicted molar refractivity (Wildman–Crippen MR) is 68.9 cm³/mol. The summed E-state index contributed by atoms with van der Waals surface area (Å²) < 4.78 is 32.5. The lowest BCUT2D eigenvalue weighted by Crippen LogP contribution is -2.35. The average Bonchev–Trinajstić information content (AvgIpc) is 2.47. The van der Waals surface area contributed by atoms with Crippen molar-refractivity contribution in [2.75, 3.05) is 13.2 Å². The van der Waals surface area contributed by atoms with Crippen LogP contribution in [0.15, 0.2) is 12.1 Å². The monoisotopic (exact) mass is 300 g/mol. The minimum Gasteiger partial charge on any atom is -0.376 e. The van der Waals surface area contributed by atoms with Crippen LogP contribution in [0.5, 0.6) is 0 Å².